The molecule has 5 heteroatoms. The van der Waals surface area contributed by atoms with E-state index in [0.717, 1.165) is 37.8 Å². The monoisotopic (exact) mass is 266 g/mol. The van der Waals surface area contributed by atoms with Crippen LogP contribution in [0.4, 0.5) is 9.18 Å². The van der Waals surface area contributed by atoms with Crippen LogP contribution >= 0.6 is 0 Å². The Bertz CT molecular complexity index is 414. The van der Waals surface area contributed by atoms with Crippen molar-refractivity contribution in [2.75, 3.05) is 0 Å². The minimum absolute atomic E-state index is 0.0846. The fourth-order valence-electron chi connectivity index (χ4n) is 2.48. The third-order valence-electron chi connectivity index (χ3n) is 3.56. The Hall–Kier alpha value is -1.62. The number of amides is 1. The second-order valence-corrected chi connectivity index (χ2v) is 5.01. The van der Waals surface area contributed by atoms with Crippen molar-refractivity contribution in [3.63, 3.8) is 0 Å². The number of nitrogens with one attached hydrogen (secondary N) is 2. The Morgan fingerprint density at radius 1 is 1.16 bits per heavy atom. The van der Waals surface area contributed by atoms with Crippen LogP contribution in [0.25, 0.3) is 0 Å². The molecule has 1 aromatic rings. The number of carbonyl (C=O) groups is 1. The zero-order chi connectivity index (χ0) is 13.7. The molecule has 0 radical (unpaired) electrons. The van der Waals surface area contributed by atoms with Crippen molar-refractivity contribution in [3.05, 3.63) is 35.6 Å². The van der Waals surface area contributed by atoms with Gasteiger partial charge in [-0.05, 0) is 43.4 Å². The van der Waals surface area contributed by atoms with E-state index < -0.39 is 6.09 Å². The first-order valence-corrected chi connectivity index (χ1v) is 6.61. The molecule has 0 aromatic heterocycles. The molecule has 104 valence electrons. The van der Waals surface area contributed by atoms with E-state index in [-0.39, 0.29) is 11.9 Å². The van der Waals surface area contributed by atoms with Crippen molar-refractivity contribution >= 4 is 6.09 Å². The fourth-order valence-corrected chi connectivity index (χ4v) is 2.48. The van der Waals surface area contributed by atoms with E-state index in [1.807, 2.05) is 0 Å². The third-order valence-corrected chi connectivity index (χ3v) is 3.56. The largest absolute Gasteiger partial charge is 0.465 e. The van der Waals surface area contributed by atoms with Crippen LogP contribution in [0.2, 0.25) is 0 Å². The van der Waals surface area contributed by atoms with Gasteiger partial charge in [-0.15, -0.1) is 0 Å². The minimum Gasteiger partial charge on any atom is -0.465 e. The van der Waals surface area contributed by atoms with Gasteiger partial charge in [0.25, 0.3) is 0 Å². The zero-order valence-corrected chi connectivity index (χ0v) is 10.7. The van der Waals surface area contributed by atoms with E-state index in [1.54, 1.807) is 12.1 Å². The van der Waals surface area contributed by atoms with Crippen LogP contribution in [0, 0.1) is 5.82 Å². The Labute approximate surface area is 112 Å². The van der Waals surface area contributed by atoms with E-state index in [1.165, 1.54) is 12.1 Å². The summed E-state index contributed by atoms with van der Waals surface area (Å²) in [6.45, 7) is 0.724. The molecule has 1 aliphatic carbocycles. The molecule has 1 aliphatic rings. The van der Waals surface area contributed by atoms with Crippen LogP contribution in [0.5, 0.6) is 0 Å². The molecule has 2 rings (SSSR count). The van der Waals surface area contributed by atoms with Gasteiger partial charge in [0.15, 0.2) is 0 Å². The lowest BCUT2D eigenvalue weighted by Crippen LogP contribution is -2.41. The highest BCUT2D eigenvalue weighted by Gasteiger charge is 2.21. The Morgan fingerprint density at radius 3 is 2.32 bits per heavy atom. The molecule has 0 heterocycles. The molecule has 1 saturated carbocycles. The molecule has 0 bridgehead atoms. The summed E-state index contributed by atoms with van der Waals surface area (Å²) in [6.07, 6.45) is 2.72. The van der Waals surface area contributed by atoms with E-state index in [2.05, 4.69) is 10.6 Å². The van der Waals surface area contributed by atoms with E-state index >= 15 is 0 Å². The van der Waals surface area contributed by atoms with Gasteiger partial charge in [0.2, 0.25) is 0 Å². The van der Waals surface area contributed by atoms with Crippen molar-refractivity contribution in [1.82, 2.24) is 10.6 Å². The lowest BCUT2D eigenvalue weighted by molar-refractivity contribution is 0.183. The van der Waals surface area contributed by atoms with Crippen LogP contribution in [0.1, 0.15) is 31.2 Å². The summed E-state index contributed by atoms with van der Waals surface area (Å²) >= 11 is 0. The summed E-state index contributed by atoms with van der Waals surface area (Å²) in [5.74, 6) is -0.219. The average molecular weight is 266 g/mol. The second kappa shape index (κ2) is 6.52. The van der Waals surface area contributed by atoms with Gasteiger partial charge in [0.1, 0.15) is 5.82 Å². The van der Waals surface area contributed by atoms with Crippen LogP contribution < -0.4 is 10.6 Å². The topological polar surface area (TPSA) is 61.4 Å². The standard InChI is InChI=1S/C14H19FN2O2/c15-11-3-1-10(2-4-11)9-16-12-5-7-13(8-6-12)17-14(18)19/h1-4,12-13,16-17H,5-9H2,(H,18,19). The molecule has 1 aromatic carbocycles. The lowest BCUT2D eigenvalue weighted by atomic mass is 9.91. The molecule has 3 N–H and O–H groups in total. The second-order valence-electron chi connectivity index (χ2n) is 5.01. The number of halogens is 1. The smallest absolute Gasteiger partial charge is 0.404 e. The van der Waals surface area contributed by atoms with Crippen LogP contribution in [0.3, 0.4) is 0 Å². The summed E-state index contributed by atoms with van der Waals surface area (Å²) in [5, 5.41) is 14.6. The van der Waals surface area contributed by atoms with Gasteiger partial charge in [-0.2, -0.15) is 0 Å². The fraction of sp³-hybridized carbons (Fsp3) is 0.500. The normalized spacial score (nSPS) is 23.0. The van der Waals surface area contributed by atoms with E-state index in [9.17, 15) is 9.18 Å². The van der Waals surface area contributed by atoms with Gasteiger partial charge in [0.05, 0.1) is 0 Å². The van der Waals surface area contributed by atoms with Gasteiger partial charge in [-0.25, -0.2) is 9.18 Å². The van der Waals surface area contributed by atoms with Crippen molar-refractivity contribution < 1.29 is 14.3 Å². The Morgan fingerprint density at radius 2 is 1.74 bits per heavy atom. The van der Waals surface area contributed by atoms with Crippen LogP contribution in [-0.4, -0.2) is 23.3 Å². The quantitative estimate of drug-likeness (QED) is 0.784. The molecular weight excluding hydrogens is 247 g/mol. The van der Waals surface area contributed by atoms with Crippen LogP contribution in [0.15, 0.2) is 24.3 Å². The Balaban J connectivity index is 1.71. The highest BCUT2D eigenvalue weighted by molar-refractivity contribution is 5.64. The molecule has 0 unspecified atom stereocenters. The van der Waals surface area contributed by atoms with Gasteiger partial charge in [-0.1, -0.05) is 12.1 Å². The predicted molar refractivity (Wildman–Crippen MR) is 70.4 cm³/mol. The SMILES string of the molecule is O=C(O)NC1CCC(NCc2ccc(F)cc2)CC1. The molecule has 1 fully saturated rings. The maximum Gasteiger partial charge on any atom is 0.404 e. The third kappa shape index (κ3) is 4.52. The first-order chi connectivity index (χ1) is 9.13. The van der Waals surface area contributed by atoms with Gasteiger partial charge < -0.3 is 15.7 Å². The average Bonchev–Trinajstić information content (AvgIpc) is 2.39. The maximum absolute atomic E-state index is 12.8. The van der Waals surface area contributed by atoms with Gasteiger partial charge >= 0.3 is 6.09 Å². The minimum atomic E-state index is -0.942. The predicted octanol–water partition coefficient (Wildman–Crippen LogP) is 2.49. The lowest BCUT2D eigenvalue weighted by Gasteiger charge is -2.29. The Kier molecular flexibility index (Phi) is 4.74. The molecule has 4 nitrogen and oxygen atoms in total. The van der Waals surface area contributed by atoms with Crippen LogP contribution in [-0.2, 0) is 6.54 Å². The van der Waals surface area contributed by atoms with Crippen molar-refractivity contribution in [2.45, 2.75) is 44.3 Å². The number of benzene rings is 1. The van der Waals surface area contributed by atoms with Crippen molar-refractivity contribution in [1.29, 1.82) is 0 Å². The van der Waals surface area contributed by atoms with E-state index in [4.69, 9.17) is 5.11 Å². The van der Waals surface area contributed by atoms with Crippen molar-refractivity contribution in [2.24, 2.45) is 0 Å². The first-order valence-electron chi connectivity index (χ1n) is 6.61. The maximum atomic E-state index is 12.8. The molecule has 19 heavy (non-hydrogen) atoms. The summed E-state index contributed by atoms with van der Waals surface area (Å²) in [4.78, 5) is 10.5. The number of hydrogen-bond donors (Lipinski definition) is 3. The number of carboxylic acid groups (broad SMARTS) is 1. The molecule has 1 amide bonds. The van der Waals surface area contributed by atoms with Gasteiger partial charge in [0, 0.05) is 18.6 Å². The molecule has 0 aliphatic heterocycles. The highest BCUT2D eigenvalue weighted by Crippen LogP contribution is 2.19. The molecule has 0 atom stereocenters. The summed E-state index contributed by atoms with van der Waals surface area (Å²) in [7, 11) is 0. The van der Waals surface area contributed by atoms with Gasteiger partial charge in [-0.3, -0.25) is 0 Å². The summed E-state index contributed by atoms with van der Waals surface area (Å²) in [6, 6.07) is 6.98. The number of rotatable bonds is 4. The highest BCUT2D eigenvalue weighted by atomic mass is 19.1. The van der Waals surface area contributed by atoms with Crippen molar-refractivity contribution in [3.8, 4) is 0 Å². The summed E-state index contributed by atoms with van der Waals surface area (Å²) < 4.78 is 12.8. The molecule has 0 spiro atoms. The molecule has 0 saturated heterocycles. The van der Waals surface area contributed by atoms with E-state index in [0.29, 0.717) is 6.04 Å². The zero-order valence-electron chi connectivity index (χ0n) is 10.7. The first kappa shape index (κ1) is 13.8. The number of hydrogen-bond acceptors (Lipinski definition) is 2. The summed E-state index contributed by atoms with van der Waals surface area (Å²) in [5.41, 5.74) is 1.06. The molecular formula is C14H19FN2O2.